The number of hydrogen-bond acceptors (Lipinski definition) is 2. The number of para-hydroxylation sites is 2. The lowest BCUT2D eigenvalue weighted by Crippen LogP contribution is -2.30. The van der Waals surface area contributed by atoms with E-state index in [2.05, 4.69) is 36.2 Å². The van der Waals surface area contributed by atoms with E-state index in [0.29, 0.717) is 12.3 Å². The average Bonchev–Trinajstić information content (AvgIpc) is 2.48. The van der Waals surface area contributed by atoms with Crippen molar-refractivity contribution in [2.24, 2.45) is 5.92 Å². The molecule has 0 aromatic heterocycles. The van der Waals surface area contributed by atoms with E-state index in [1.54, 1.807) is 0 Å². The van der Waals surface area contributed by atoms with E-state index >= 15 is 0 Å². The first kappa shape index (κ1) is 15.9. The van der Waals surface area contributed by atoms with Gasteiger partial charge in [-0.2, -0.15) is 0 Å². The summed E-state index contributed by atoms with van der Waals surface area (Å²) in [6, 6.07) is 8.20. The number of anilines is 2. The maximum absolute atomic E-state index is 12.2. The zero-order valence-corrected chi connectivity index (χ0v) is 13.4. The van der Waals surface area contributed by atoms with Crippen LogP contribution in [0.4, 0.5) is 11.4 Å². The number of hydrogen-bond donors (Lipinski definition) is 1. The molecule has 21 heavy (non-hydrogen) atoms. The standard InChI is InChI=1S/C18H28N2O/c1-3-9-15(2)14-18(21)19-16-10-5-6-11-17(16)20-12-7-4-8-13-20/h5-6,10-11,15H,3-4,7-9,12-14H2,1-2H3,(H,19,21). The van der Waals surface area contributed by atoms with Gasteiger partial charge in [0.05, 0.1) is 11.4 Å². The summed E-state index contributed by atoms with van der Waals surface area (Å²) in [6.07, 6.45) is 6.67. The largest absolute Gasteiger partial charge is 0.370 e. The molecule has 2 rings (SSSR count). The van der Waals surface area contributed by atoms with Gasteiger partial charge in [0.25, 0.3) is 0 Å². The van der Waals surface area contributed by atoms with Crippen molar-refractivity contribution in [2.45, 2.75) is 52.4 Å². The fourth-order valence-electron chi connectivity index (χ4n) is 3.10. The van der Waals surface area contributed by atoms with E-state index in [1.807, 2.05) is 12.1 Å². The summed E-state index contributed by atoms with van der Waals surface area (Å²) in [4.78, 5) is 14.6. The summed E-state index contributed by atoms with van der Waals surface area (Å²) < 4.78 is 0. The molecule has 0 aliphatic carbocycles. The Balaban J connectivity index is 2.00. The molecule has 116 valence electrons. The summed E-state index contributed by atoms with van der Waals surface area (Å²) in [7, 11) is 0. The lowest BCUT2D eigenvalue weighted by Gasteiger charge is -2.30. The molecular formula is C18H28N2O. The molecule has 0 radical (unpaired) electrons. The van der Waals surface area contributed by atoms with Gasteiger partial charge in [0.2, 0.25) is 5.91 Å². The second-order valence-electron chi connectivity index (χ2n) is 6.21. The first-order valence-corrected chi connectivity index (χ1v) is 8.34. The second-order valence-corrected chi connectivity index (χ2v) is 6.21. The Morgan fingerprint density at radius 1 is 1.24 bits per heavy atom. The summed E-state index contributed by atoms with van der Waals surface area (Å²) in [5, 5.41) is 3.12. The van der Waals surface area contributed by atoms with Crippen LogP contribution in [0.3, 0.4) is 0 Å². The van der Waals surface area contributed by atoms with E-state index in [1.165, 1.54) is 24.9 Å². The Labute approximate surface area is 128 Å². The van der Waals surface area contributed by atoms with Crippen molar-refractivity contribution < 1.29 is 4.79 Å². The zero-order valence-electron chi connectivity index (χ0n) is 13.4. The van der Waals surface area contributed by atoms with Gasteiger partial charge in [0, 0.05) is 19.5 Å². The van der Waals surface area contributed by atoms with E-state index in [0.717, 1.165) is 31.6 Å². The van der Waals surface area contributed by atoms with Crippen molar-refractivity contribution in [3.05, 3.63) is 24.3 Å². The van der Waals surface area contributed by atoms with Gasteiger partial charge >= 0.3 is 0 Å². The molecule has 3 nitrogen and oxygen atoms in total. The van der Waals surface area contributed by atoms with Gasteiger partial charge in [-0.3, -0.25) is 4.79 Å². The quantitative estimate of drug-likeness (QED) is 0.839. The van der Waals surface area contributed by atoms with Crippen molar-refractivity contribution >= 4 is 17.3 Å². The molecule has 1 aromatic carbocycles. The Morgan fingerprint density at radius 3 is 2.67 bits per heavy atom. The third-order valence-electron chi connectivity index (χ3n) is 4.19. The van der Waals surface area contributed by atoms with Gasteiger partial charge in [0.15, 0.2) is 0 Å². The number of carbonyl (C=O) groups is 1. The fraction of sp³-hybridized carbons (Fsp3) is 0.611. The molecule has 1 aromatic rings. The Kier molecular flexibility index (Phi) is 6.09. The van der Waals surface area contributed by atoms with Gasteiger partial charge in [-0.15, -0.1) is 0 Å². The normalized spacial score (nSPS) is 16.6. The molecular weight excluding hydrogens is 260 g/mol. The van der Waals surface area contributed by atoms with Crippen molar-refractivity contribution in [2.75, 3.05) is 23.3 Å². The molecule has 1 saturated heterocycles. The molecule has 3 heteroatoms. The summed E-state index contributed by atoms with van der Waals surface area (Å²) in [5.41, 5.74) is 2.14. The highest BCUT2D eigenvalue weighted by atomic mass is 16.1. The molecule has 1 atom stereocenters. The predicted octanol–water partition coefficient (Wildman–Crippen LogP) is 4.44. The van der Waals surface area contributed by atoms with Crippen molar-refractivity contribution in [1.29, 1.82) is 0 Å². The highest BCUT2D eigenvalue weighted by molar-refractivity contribution is 5.94. The van der Waals surface area contributed by atoms with Crippen LogP contribution in [-0.2, 0) is 4.79 Å². The van der Waals surface area contributed by atoms with Crippen LogP contribution in [-0.4, -0.2) is 19.0 Å². The first-order valence-electron chi connectivity index (χ1n) is 8.34. The number of amides is 1. The highest BCUT2D eigenvalue weighted by Gasteiger charge is 2.16. The molecule has 1 N–H and O–H groups in total. The van der Waals surface area contributed by atoms with Crippen molar-refractivity contribution in [1.82, 2.24) is 0 Å². The monoisotopic (exact) mass is 288 g/mol. The zero-order chi connectivity index (χ0) is 15.1. The minimum Gasteiger partial charge on any atom is -0.370 e. The molecule has 0 saturated carbocycles. The second kappa shape index (κ2) is 8.06. The SMILES string of the molecule is CCCC(C)CC(=O)Nc1ccccc1N1CCCCC1. The third-order valence-corrected chi connectivity index (χ3v) is 4.19. The van der Waals surface area contributed by atoms with Crippen LogP contribution < -0.4 is 10.2 Å². The maximum Gasteiger partial charge on any atom is 0.224 e. The Morgan fingerprint density at radius 2 is 1.95 bits per heavy atom. The van der Waals surface area contributed by atoms with E-state index in [9.17, 15) is 4.79 Å². The molecule has 0 spiro atoms. The number of carbonyl (C=O) groups excluding carboxylic acids is 1. The van der Waals surface area contributed by atoms with E-state index < -0.39 is 0 Å². The topological polar surface area (TPSA) is 32.3 Å². The van der Waals surface area contributed by atoms with Gasteiger partial charge < -0.3 is 10.2 Å². The van der Waals surface area contributed by atoms with E-state index in [-0.39, 0.29) is 5.91 Å². The minimum atomic E-state index is 0.139. The molecule has 1 heterocycles. The fourth-order valence-corrected chi connectivity index (χ4v) is 3.10. The number of rotatable bonds is 6. The van der Waals surface area contributed by atoms with Crippen LogP contribution in [0.5, 0.6) is 0 Å². The highest BCUT2D eigenvalue weighted by Crippen LogP contribution is 2.28. The minimum absolute atomic E-state index is 0.139. The van der Waals surface area contributed by atoms with Crippen LogP contribution in [0.2, 0.25) is 0 Å². The van der Waals surface area contributed by atoms with Crippen molar-refractivity contribution in [3.63, 3.8) is 0 Å². The third kappa shape index (κ3) is 4.76. The first-order chi connectivity index (χ1) is 10.2. The van der Waals surface area contributed by atoms with Crippen molar-refractivity contribution in [3.8, 4) is 0 Å². The molecule has 1 aliphatic rings. The Hall–Kier alpha value is -1.51. The van der Waals surface area contributed by atoms with Gasteiger partial charge in [0.1, 0.15) is 0 Å². The van der Waals surface area contributed by atoms with Gasteiger partial charge in [-0.1, -0.05) is 38.8 Å². The van der Waals surface area contributed by atoms with Crippen LogP contribution in [0.1, 0.15) is 52.4 Å². The van der Waals surface area contributed by atoms with E-state index in [4.69, 9.17) is 0 Å². The van der Waals surface area contributed by atoms with Crippen LogP contribution in [0.15, 0.2) is 24.3 Å². The number of nitrogens with zero attached hydrogens (tertiary/aromatic N) is 1. The summed E-state index contributed by atoms with van der Waals surface area (Å²) in [6.45, 7) is 6.51. The number of benzene rings is 1. The van der Waals surface area contributed by atoms with Crippen LogP contribution in [0, 0.1) is 5.92 Å². The summed E-state index contributed by atoms with van der Waals surface area (Å²) >= 11 is 0. The van der Waals surface area contributed by atoms with Crippen LogP contribution >= 0.6 is 0 Å². The van der Waals surface area contributed by atoms with Crippen LogP contribution in [0.25, 0.3) is 0 Å². The lowest BCUT2D eigenvalue weighted by molar-refractivity contribution is -0.117. The smallest absolute Gasteiger partial charge is 0.224 e. The predicted molar refractivity (Wildman–Crippen MR) is 89.8 cm³/mol. The number of nitrogens with one attached hydrogen (secondary N) is 1. The lowest BCUT2D eigenvalue weighted by atomic mass is 10.0. The molecule has 1 fully saturated rings. The summed E-state index contributed by atoms with van der Waals surface area (Å²) in [5.74, 6) is 0.595. The van der Waals surface area contributed by atoms with Gasteiger partial charge in [-0.25, -0.2) is 0 Å². The number of piperidine rings is 1. The molecule has 0 bridgehead atoms. The average molecular weight is 288 g/mol. The maximum atomic E-state index is 12.2. The molecule has 1 amide bonds. The van der Waals surface area contributed by atoms with Gasteiger partial charge in [-0.05, 0) is 37.3 Å². The Bertz CT molecular complexity index is 452. The molecule has 1 unspecified atom stereocenters. The molecule has 1 aliphatic heterocycles.